The molecule has 1 aliphatic rings. The molecule has 0 aromatic rings. The summed E-state index contributed by atoms with van der Waals surface area (Å²) in [4.78, 5) is 12.6. The Kier molecular flexibility index (Phi) is 5.60. The Hall–Kier alpha value is -0.830. The Morgan fingerprint density at radius 2 is 2.16 bits per heavy atom. The van der Waals surface area contributed by atoms with Gasteiger partial charge in [-0.3, -0.25) is 10.1 Å². The maximum absolute atomic E-state index is 12.6. The van der Waals surface area contributed by atoms with E-state index in [0.717, 1.165) is 19.3 Å². The molecule has 0 aromatic heterocycles. The first-order chi connectivity index (χ1) is 8.88. The van der Waals surface area contributed by atoms with E-state index in [2.05, 4.69) is 32.7 Å². The van der Waals surface area contributed by atoms with E-state index in [4.69, 9.17) is 4.74 Å². The summed E-state index contributed by atoms with van der Waals surface area (Å²) in [5.74, 6) is 0.212. The Morgan fingerprint density at radius 3 is 2.68 bits per heavy atom. The molecule has 1 rings (SSSR count). The lowest BCUT2D eigenvalue weighted by Gasteiger charge is -2.48. The average Bonchev–Trinajstić information content (AvgIpc) is 2.35. The van der Waals surface area contributed by atoms with Gasteiger partial charge in [0.15, 0.2) is 0 Å². The van der Waals surface area contributed by atoms with Gasteiger partial charge in [0.05, 0.1) is 6.61 Å². The van der Waals surface area contributed by atoms with Crippen LogP contribution in [0.25, 0.3) is 0 Å². The molecular formula is C16H29NO2. The normalized spacial score (nSPS) is 27.9. The molecule has 3 heteroatoms. The van der Waals surface area contributed by atoms with Crippen LogP contribution in [0.4, 0.5) is 0 Å². The lowest BCUT2D eigenvalue weighted by Crippen LogP contribution is -2.62. The fraction of sp³-hybridized carbons (Fsp3) is 0.812. The molecule has 19 heavy (non-hydrogen) atoms. The first-order valence-electron chi connectivity index (χ1n) is 7.41. The van der Waals surface area contributed by atoms with Crippen LogP contribution in [0.15, 0.2) is 12.7 Å². The summed E-state index contributed by atoms with van der Waals surface area (Å²) in [6.07, 6.45) is 6.03. The second-order valence-electron chi connectivity index (χ2n) is 6.53. The molecule has 1 saturated carbocycles. The van der Waals surface area contributed by atoms with Gasteiger partial charge in [-0.15, -0.1) is 6.58 Å². The van der Waals surface area contributed by atoms with E-state index in [0.29, 0.717) is 19.1 Å². The zero-order valence-corrected chi connectivity index (χ0v) is 12.9. The van der Waals surface area contributed by atoms with E-state index < -0.39 is 5.54 Å². The number of hydrogen-bond donors (Lipinski definition) is 1. The summed E-state index contributed by atoms with van der Waals surface area (Å²) < 4.78 is 5.37. The minimum absolute atomic E-state index is 0.0847. The lowest BCUT2D eigenvalue weighted by atomic mass is 9.62. The fourth-order valence-corrected chi connectivity index (χ4v) is 3.39. The predicted molar refractivity (Wildman–Crippen MR) is 79.0 cm³/mol. The van der Waals surface area contributed by atoms with Gasteiger partial charge in [-0.05, 0) is 31.1 Å². The smallest absolute Gasteiger partial charge is 0.326 e. The van der Waals surface area contributed by atoms with Crippen molar-refractivity contribution in [3.63, 3.8) is 0 Å². The molecule has 0 aromatic carbocycles. The highest BCUT2D eigenvalue weighted by atomic mass is 16.5. The van der Waals surface area contributed by atoms with E-state index >= 15 is 0 Å². The van der Waals surface area contributed by atoms with Crippen molar-refractivity contribution in [2.75, 3.05) is 13.2 Å². The Morgan fingerprint density at radius 1 is 1.47 bits per heavy atom. The van der Waals surface area contributed by atoms with E-state index in [1.165, 1.54) is 6.42 Å². The summed E-state index contributed by atoms with van der Waals surface area (Å²) in [6, 6.07) is 0. The van der Waals surface area contributed by atoms with Crippen molar-refractivity contribution in [1.29, 1.82) is 0 Å². The zero-order valence-electron chi connectivity index (χ0n) is 12.9. The Labute approximate surface area is 117 Å². The molecule has 3 nitrogen and oxygen atoms in total. The van der Waals surface area contributed by atoms with Gasteiger partial charge in [0.1, 0.15) is 5.54 Å². The maximum atomic E-state index is 12.6. The van der Waals surface area contributed by atoms with Crippen LogP contribution in [0.3, 0.4) is 0 Å². The number of hydrogen-bond acceptors (Lipinski definition) is 3. The van der Waals surface area contributed by atoms with Crippen molar-refractivity contribution in [2.45, 2.75) is 58.9 Å². The summed E-state index contributed by atoms with van der Waals surface area (Å²) in [5, 5.41) is 3.43. The van der Waals surface area contributed by atoms with Gasteiger partial charge in [0, 0.05) is 6.54 Å². The molecule has 0 bridgehead atoms. The van der Waals surface area contributed by atoms with Crippen molar-refractivity contribution >= 4 is 5.97 Å². The SMILES string of the molecule is C=CCNC1(C(=O)OCC)CCCCC1C(C)(C)C. The molecule has 110 valence electrons. The zero-order chi connectivity index (χ0) is 14.5. The molecule has 0 radical (unpaired) electrons. The van der Waals surface area contributed by atoms with Crippen LogP contribution in [0.2, 0.25) is 0 Å². The predicted octanol–water partition coefficient (Wildman–Crippen LogP) is 3.30. The minimum Gasteiger partial charge on any atom is -0.465 e. The molecule has 1 fully saturated rings. The van der Waals surface area contributed by atoms with E-state index in [-0.39, 0.29) is 11.4 Å². The van der Waals surface area contributed by atoms with Crippen LogP contribution in [-0.4, -0.2) is 24.7 Å². The highest BCUT2D eigenvalue weighted by molar-refractivity contribution is 5.81. The van der Waals surface area contributed by atoms with E-state index in [9.17, 15) is 4.79 Å². The summed E-state index contributed by atoms with van der Waals surface area (Å²) in [6.45, 7) is 13.3. The van der Waals surface area contributed by atoms with Crippen molar-refractivity contribution in [3.8, 4) is 0 Å². The highest BCUT2D eigenvalue weighted by Crippen LogP contribution is 2.45. The number of rotatable bonds is 5. The van der Waals surface area contributed by atoms with Crippen LogP contribution in [0, 0.1) is 11.3 Å². The Balaban J connectivity index is 3.08. The molecule has 0 heterocycles. The summed E-state index contributed by atoms with van der Waals surface area (Å²) in [7, 11) is 0. The van der Waals surface area contributed by atoms with Crippen LogP contribution in [0.5, 0.6) is 0 Å². The lowest BCUT2D eigenvalue weighted by molar-refractivity contribution is -0.158. The molecule has 1 aliphatic carbocycles. The highest BCUT2D eigenvalue weighted by Gasteiger charge is 2.51. The average molecular weight is 267 g/mol. The third-order valence-corrected chi connectivity index (χ3v) is 4.16. The number of nitrogens with one attached hydrogen (secondary N) is 1. The third kappa shape index (κ3) is 3.59. The molecule has 0 saturated heterocycles. The van der Waals surface area contributed by atoms with Gasteiger partial charge < -0.3 is 4.74 Å². The number of carbonyl (C=O) groups excluding carboxylic acids is 1. The molecule has 1 N–H and O–H groups in total. The van der Waals surface area contributed by atoms with Gasteiger partial charge in [-0.25, -0.2) is 0 Å². The molecule has 0 spiro atoms. The first kappa shape index (κ1) is 16.2. The second-order valence-corrected chi connectivity index (χ2v) is 6.53. The van der Waals surface area contributed by atoms with Gasteiger partial charge in [-0.1, -0.05) is 39.7 Å². The molecular weight excluding hydrogens is 238 g/mol. The summed E-state index contributed by atoms with van der Waals surface area (Å²) in [5.41, 5.74) is -0.456. The second kappa shape index (κ2) is 6.56. The van der Waals surface area contributed by atoms with Gasteiger partial charge in [0.2, 0.25) is 0 Å². The standard InChI is InChI=1S/C16H29NO2/c1-6-12-17-16(14(18)19-7-2)11-9-8-10-13(16)15(3,4)5/h6,13,17H,1,7-12H2,2-5H3. The van der Waals surface area contributed by atoms with Crippen molar-refractivity contribution in [3.05, 3.63) is 12.7 Å². The topological polar surface area (TPSA) is 38.3 Å². The van der Waals surface area contributed by atoms with Crippen molar-refractivity contribution in [2.24, 2.45) is 11.3 Å². The molecule has 0 aliphatic heterocycles. The van der Waals surface area contributed by atoms with Crippen LogP contribution in [-0.2, 0) is 9.53 Å². The largest absolute Gasteiger partial charge is 0.465 e. The fourth-order valence-electron chi connectivity index (χ4n) is 3.39. The van der Waals surface area contributed by atoms with Crippen LogP contribution < -0.4 is 5.32 Å². The quantitative estimate of drug-likeness (QED) is 0.613. The summed E-state index contributed by atoms with van der Waals surface area (Å²) >= 11 is 0. The van der Waals surface area contributed by atoms with Crippen LogP contribution >= 0.6 is 0 Å². The van der Waals surface area contributed by atoms with Gasteiger partial charge >= 0.3 is 5.97 Å². The third-order valence-electron chi connectivity index (χ3n) is 4.16. The van der Waals surface area contributed by atoms with E-state index in [1.807, 2.05) is 13.0 Å². The van der Waals surface area contributed by atoms with Crippen molar-refractivity contribution in [1.82, 2.24) is 5.32 Å². The monoisotopic (exact) mass is 267 g/mol. The van der Waals surface area contributed by atoms with Gasteiger partial charge in [0.25, 0.3) is 0 Å². The van der Waals surface area contributed by atoms with E-state index in [1.54, 1.807) is 0 Å². The number of ether oxygens (including phenoxy) is 1. The van der Waals surface area contributed by atoms with Crippen LogP contribution in [0.1, 0.15) is 53.4 Å². The number of esters is 1. The minimum atomic E-state index is -0.541. The Bertz CT molecular complexity index is 319. The maximum Gasteiger partial charge on any atom is 0.326 e. The number of carbonyl (C=O) groups is 1. The molecule has 0 amide bonds. The molecule has 2 atom stereocenters. The molecule has 2 unspecified atom stereocenters. The van der Waals surface area contributed by atoms with Crippen molar-refractivity contribution < 1.29 is 9.53 Å². The van der Waals surface area contributed by atoms with Gasteiger partial charge in [-0.2, -0.15) is 0 Å². The first-order valence-corrected chi connectivity index (χ1v) is 7.41.